The van der Waals surface area contributed by atoms with Gasteiger partial charge in [-0.2, -0.15) is 0 Å². The van der Waals surface area contributed by atoms with Crippen LogP contribution in [-0.2, 0) is 33.5 Å². The van der Waals surface area contributed by atoms with E-state index in [0.29, 0.717) is 12.1 Å². The summed E-state index contributed by atoms with van der Waals surface area (Å²) in [6.45, 7) is 13.6. The summed E-state index contributed by atoms with van der Waals surface area (Å²) in [5.74, 6) is -4.07. The molecule has 1 aromatic carbocycles. The average molecular weight is 767 g/mol. The molecule has 0 aromatic heterocycles. The molecule has 304 valence electrons. The highest BCUT2D eigenvalue weighted by Gasteiger charge is 2.70. The van der Waals surface area contributed by atoms with Crippen molar-refractivity contribution in [3.8, 4) is 0 Å². The zero-order chi connectivity index (χ0) is 40.8. The number of likely N-dealkylation sites (N-methyl/N-ethyl adjacent to an activating group) is 1. The molecule has 2 aliphatic carbocycles. The van der Waals surface area contributed by atoms with Crippen LogP contribution in [0.3, 0.4) is 0 Å². The number of carbonyl (C=O) groups is 7. The Hall–Kier alpha value is -4.49. The van der Waals surface area contributed by atoms with Gasteiger partial charge in [-0.25, -0.2) is 4.79 Å². The molecule has 1 saturated heterocycles. The fraction of sp³-hybridized carbons (Fsp3) is 0.683. The van der Waals surface area contributed by atoms with Gasteiger partial charge in [-0.3, -0.25) is 28.8 Å². The number of Topliss-reactive ketones (excluding diaryl/α,β-unsaturated/α-hetero) is 1. The van der Waals surface area contributed by atoms with E-state index in [1.54, 1.807) is 49.3 Å². The number of ether oxygens (including phenoxy) is 1. The Bertz CT molecular complexity index is 1590. The van der Waals surface area contributed by atoms with E-state index in [4.69, 9.17) is 4.74 Å². The Morgan fingerprint density at radius 3 is 2.09 bits per heavy atom. The number of rotatable bonds is 16. The van der Waals surface area contributed by atoms with Crippen molar-refractivity contribution >= 4 is 41.4 Å². The summed E-state index contributed by atoms with van der Waals surface area (Å²) in [5, 5.41) is 10.7. The molecule has 1 heterocycles. The van der Waals surface area contributed by atoms with Crippen molar-refractivity contribution in [2.45, 2.75) is 111 Å². The quantitative estimate of drug-likeness (QED) is 0.185. The van der Waals surface area contributed by atoms with Gasteiger partial charge >= 0.3 is 6.09 Å². The zero-order valence-corrected chi connectivity index (χ0v) is 34.0. The Morgan fingerprint density at radius 1 is 0.873 bits per heavy atom. The van der Waals surface area contributed by atoms with Crippen LogP contribution in [0.15, 0.2) is 30.3 Å². The summed E-state index contributed by atoms with van der Waals surface area (Å²) >= 11 is 0. The number of fused-ring (bicyclic) bond motifs is 1. The van der Waals surface area contributed by atoms with E-state index in [1.807, 2.05) is 34.6 Å². The zero-order valence-electron chi connectivity index (χ0n) is 34.0. The van der Waals surface area contributed by atoms with Crippen molar-refractivity contribution in [1.82, 2.24) is 31.1 Å². The maximum absolute atomic E-state index is 14.6. The average Bonchev–Trinajstić information content (AvgIpc) is 3.43. The molecule has 6 atom stereocenters. The van der Waals surface area contributed by atoms with Crippen molar-refractivity contribution in [1.29, 1.82) is 0 Å². The normalized spacial score (nSPS) is 22.4. The predicted molar refractivity (Wildman–Crippen MR) is 206 cm³/mol. The summed E-state index contributed by atoms with van der Waals surface area (Å²) in [4.78, 5) is 97.5. The predicted octanol–water partition coefficient (Wildman–Crippen LogP) is 3.35. The van der Waals surface area contributed by atoms with Crippen LogP contribution in [0.5, 0.6) is 0 Å². The number of amides is 6. The molecule has 55 heavy (non-hydrogen) atoms. The SMILES string of the molecule is CC(C)COC(=O)N[C@H](C(=O)N1C[C@H]2C([C@H]1C(=O)N[C@@H](CC(C)C)C(=O)C(=O)NCC(=O)N[C@H](C(=O)N(C)C)c1ccccc1)C2(C)C)C1(C)CCCCC1. The fourth-order valence-corrected chi connectivity index (χ4v) is 8.33. The standard InChI is InChI=1S/C41H62N6O8/c1-24(2)20-28(33(49)36(51)42-21-29(48)44-31(37(52)46(8)9)26-16-12-10-13-17-26)43-35(50)32-30-27(40(30,5)6)22-47(32)38(53)34(41(7)18-14-11-15-19-41)45-39(54)55-23-25(3)4/h10,12-13,16-17,24-25,27-28,30-32,34H,11,14-15,18-23H2,1-9H3,(H,42,51)(H,43,50)(H,44,48)(H,45,54)/t27-,28-,30?,31-,32-,34+/m0/s1. The number of nitrogens with zero attached hydrogens (tertiary/aromatic N) is 2. The van der Waals surface area contributed by atoms with Crippen molar-refractivity contribution in [3.63, 3.8) is 0 Å². The molecule has 2 saturated carbocycles. The maximum atomic E-state index is 14.6. The van der Waals surface area contributed by atoms with E-state index >= 15 is 0 Å². The van der Waals surface area contributed by atoms with Gasteiger partial charge in [0, 0.05) is 20.6 Å². The van der Waals surface area contributed by atoms with E-state index in [2.05, 4.69) is 35.1 Å². The van der Waals surface area contributed by atoms with Crippen LogP contribution >= 0.6 is 0 Å². The number of benzene rings is 1. The van der Waals surface area contributed by atoms with E-state index in [9.17, 15) is 33.6 Å². The van der Waals surface area contributed by atoms with Gasteiger partial charge in [0.05, 0.1) is 19.2 Å². The first-order valence-electron chi connectivity index (χ1n) is 19.7. The lowest BCUT2D eigenvalue weighted by molar-refractivity contribution is -0.146. The second-order valence-electron chi connectivity index (χ2n) is 17.6. The van der Waals surface area contributed by atoms with Crippen molar-refractivity contribution in [2.75, 3.05) is 33.8 Å². The Kier molecular flexibility index (Phi) is 14.1. The first-order chi connectivity index (χ1) is 25.8. The monoisotopic (exact) mass is 766 g/mol. The second-order valence-corrected chi connectivity index (χ2v) is 17.6. The number of ketones is 1. The number of likely N-dealkylation sites (tertiary alicyclic amines) is 1. The van der Waals surface area contributed by atoms with E-state index in [1.165, 1.54) is 4.90 Å². The first kappa shape index (κ1) is 43.2. The van der Waals surface area contributed by atoms with Gasteiger partial charge in [0.1, 0.15) is 18.1 Å². The topological polar surface area (TPSA) is 183 Å². The van der Waals surface area contributed by atoms with Crippen LogP contribution in [0.2, 0.25) is 0 Å². The van der Waals surface area contributed by atoms with Crippen LogP contribution in [0.4, 0.5) is 4.79 Å². The number of nitrogens with one attached hydrogen (secondary N) is 4. The highest BCUT2D eigenvalue weighted by atomic mass is 16.5. The van der Waals surface area contributed by atoms with Crippen molar-refractivity contribution in [3.05, 3.63) is 35.9 Å². The molecule has 1 unspecified atom stereocenters. The molecule has 0 spiro atoms. The molecular formula is C41H62N6O8. The van der Waals surface area contributed by atoms with Crippen LogP contribution in [0.25, 0.3) is 0 Å². The van der Waals surface area contributed by atoms with Gasteiger partial charge in [-0.05, 0) is 59.3 Å². The minimum absolute atomic E-state index is 0.0417. The second kappa shape index (κ2) is 18.0. The molecule has 14 heteroatoms. The minimum atomic E-state index is -1.23. The third kappa shape index (κ3) is 10.4. The first-order valence-corrected chi connectivity index (χ1v) is 19.7. The Labute approximate surface area is 325 Å². The fourth-order valence-electron chi connectivity index (χ4n) is 8.33. The summed E-state index contributed by atoms with van der Waals surface area (Å²) in [7, 11) is 3.13. The van der Waals surface area contributed by atoms with Crippen LogP contribution < -0.4 is 21.3 Å². The van der Waals surface area contributed by atoms with Crippen molar-refractivity contribution in [2.24, 2.45) is 34.5 Å². The molecule has 14 nitrogen and oxygen atoms in total. The largest absolute Gasteiger partial charge is 0.449 e. The lowest BCUT2D eigenvalue weighted by Gasteiger charge is -2.43. The number of carbonyl (C=O) groups excluding carboxylic acids is 7. The van der Waals surface area contributed by atoms with Gasteiger partial charge in [-0.1, -0.05) is 98.1 Å². The Balaban J connectivity index is 1.49. The third-order valence-corrected chi connectivity index (χ3v) is 11.6. The molecule has 0 bridgehead atoms. The summed E-state index contributed by atoms with van der Waals surface area (Å²) in [6, 6.07) is 4.60. The molecule has 0 radical (unpaired) electrons. The molecule has 3 aliphatic rings. The maximum Gasteiger partial charge on any atom is 0.407 e. The molecule has 4 rings (SSSR count). The Morgan fingerprint density at radius 2 is 1.51 bits per heavy atom. The van der Waals surface area contributed by atoms with Crippen LogP contribution in [-0.4, -0.2) is 103 Å². The smallest absolute Gasteiger partial charge is 0.407 e. The highest BCUT2D eigenvalue weighted by Crippen LogP contribution is 2.65. The molecule has 3 fully saturated rings. The van der Waals surface area contributed by atoms with Gasteiger partial charge in [-0.15, -0.1) is 0 Å². The number of alkyl carbamates (subject to hydrolysis) is 1. The van der Waals surface area contributed by atoms with Gasteiger partial charge < -0.3 is 35.8 Å². The number of hydrogen-bond acceptors (Lipinski definition) is 8. The van der Waals surface area contributed by atoms with Gasteiger partial charge in [0.25, 0.3) is 5.91 Å². The molecule has 6 amide bonds. The summed E-state index contributed by atoms with van der Waals surface area (Å²) in [5.41, 5.74) is -0.226. The van der Waals surface area contributed by atoms with E-state index in [0.717, 1.165) is 32.1 Å². The molecule has 1 aliphatic heterocycles. The van der Waals surface area contributed by atoms with Gasteiger partial charge in [0.15, 0.2) is 0 Å². The van der Waals surface area contributed by atoms with Gasteiger partial charge in [0.2, 0.25) is 29.4 Å². The number of hydrogen-bond donors (Lipinski definition) is 4. The highest BCUT2D eigenvalue weighted by molar-refractivity contribution is 6.38. The minimum Gasteiger partial charge on any atom is -0.449 e. The van der Waals surface area contributed by atoms with E-state index in [-0.39, 0.29) is 53.9 Å². The van der Waals surface area contributed by atoms with Crippen LogP contribution in [0, 0.1) is 34.5 Å². The van der Waals surface area contributed by atoms with E-state index < -0.39 is 65.7 Å². The number of piperidine rings is 1. The molecule has 1 aromatic rings. The molecule has 4 N–H and O–H groups in total. The third-order valence-electron chi connectivity index (χ3n) is 11.6. The van der Waals surface area contributed by atoms with Crippen LogP contribution in [0.1, 0.15) is 98.6 Å². The summed E-state index contributed by atoms with van der Waals surface area (Å²) < 4.78 is 5.43. The van der Waals surface area contributed by atoms with Crippen molar-refractivity contribution < 1.29 is 38.3 Å². The lowest BCUT2D eigenvalue weighted by atomic mass is 9.70. The lowest BCUT2D eigenvalue weighted by Crippen LogP contribution is -2.61. The summed E-state index contributed by atoms with van der Waals surface area (Å²) in [6.07, 6.45) is 3.79. The molecular weight excluding hydrogens is 704 g/mol.